The van der Waals surface area contributed by atoms with Gasteiger partial charge in [-0.25, -0.2) is 22.9 Å². The summed E-state index contributed by atoms with van der Waals surface area (Å²) < 4.78 is 65.7. The van der Waals surface area contributed by atoms with E-state index in [-0.39, 0.29) is 18.5 Å². The Bertz CT molecular complexity index is 1210. The molecule has 178 valence electrons. The predicted molar refractivity (Wildman–Crippen MR) is 115 cm³/mol. The van der Waals surface area contributed by atoms with E-state index in [4.69, 9.17) is 0 Å². The van der Waals surface area contributed by atoms with E-state index in [9.17, 15) is 26.6 Å². The molecule has 1 N–H and O–H groups in total. The van der Waals surface area contributed by atoms with Crippen molar-refractivity contribution in [3.8, 4) is 11.3 Å². The molecule has 7 nitrogen and oxygen atoms in total. The average molecular weight is 493 g/mol. The first-order valence-corrected chi connectivity index (χ1v) is 11.3. The molecule has 1 saturated heterocycles. The standard InChI is InChI=1S/C22H19F4N5O2S/c1-13-8-19(31(13)34(33)17-5-3-15(23)4-6-17)21(32)28-11-16-9-18(30-12-29-16)14-2-7-20(27-10-14)22(24,25)26/h2-7,9-10,12-13,19H,8,11H2,1H3,(H,28,32)/t13-,19+,34?/m1/s1. The molecule has 12 heteroatoms. The van der Waals surface area contributed by atoms with Crippen LogP contribution in [0.3, 0.4) is 0 Å². The van der Waals surface area contributed by atoms with Gasteiger partial charge >= 0.3 is 6.18 Å². The Morgan fingerprint density at radius 3 is 2.50 bits per heavy atom. The number of hydrogen-bond acceptors (Lipinski definition) is 5. The first kappa shape index (κ1) is 23.9. The van der Waals surface area contributed by atoms with Crippen LogP contribution in [0.25, 0.3) is 11.3 Å². The van der Waals surface area contributed by atoms with E-state index in [1.165, 1.54) is 36.7 Å². The minimum Gasteiger partial charge on any atom is -0.349 e. The zero-order valence-corrected chi connectivity index (χ0v) is 18.6. The predicted octanol–water partition coefficient (Wildman–Crippen LogP) is 3.50. The van der Waals surface area contributed by atoms with Crippen molar-refractivity contribution in [3.63, 3.8) is 0 Å². The van der Waals surface area contributed by atoms with Crippen molar-refractivity contribution >= 4 is 16.9 Å². The molecule has 4 rings (SSSR count). The normalized spacial score (nSPS) is 19.3. The van der Waals surface area contributed by atoms with Crippen LogP contribution in [0, 0.1) is 5.82 Å². The van der Waals surface area contributed by atoms with Crippen molar-refractivity contribution in [2.45, 2.75) is 43.0 Å². The van der Waals surface area contributed by atoms with Crippen molar-refractivity contribution < 1.29 is 26.6 Å². The van der Waals surface area contributed by atoms with E-state index >= 15 is 0 Å². The SMILES string of the molecule is C[C@@H]1C[C@@H](C(=O)NCc2cc(-c3ccc(C(F)(F)F)nc3)ncn2)N1S(=O)c1ccc(F)cc1. The van der Waals surface area contributed by atoms with Crippen molar-refractivity contribution in [3.05, 3.63) is 72.2 Å². The van der Waals surface area contributed by atoms with Gasteiger partial charge in [-0.1, -0.05) is 0 Å². The third-order valence-electron chi connectivity index (χ3n) is 5.33. The Morgan fingerprint density at radius 1 is 1.15 bits per heavy atom. The minimum absolute atomic E-state index is 0.0460. The molecule has 1 aromatic carbocycles. The lowest BCUT2D eigenvalue weighted by Crippen LogP contribution is -2.61. The topological polar surface area (TPSA) is 88.1 Å². The maximum absolute atomic E-state index is 13.2. The van der Waals surface area contributed by atoms with Gasteiger partial charge in [0.05, 0.1) is 22.8 Å². The fraction of sp³-hybridized carbons (Fsp3) is 0.273. The number of halogens is 4. The Kier molecular flexibility index (Phi) is 6.71. The lowest BCUT2D eigenvalue weighted by Gasteiger charge is -2.44. The summed E-state index contributed by atoms with van der Waals surface area (Å²) in [4.78, 5) is 24.7. The van der Waals surface area contributed by atoms with Crippen molar-refractivity contribution in [2.24, 2.45) is 0 Å². The molecular formula is C22H19F4N5O2S. The Morgan fingerprint density at radius 2 is 1.88 bits per heavy atom. The van der Waals surface area contributed by atoms with Gasteiger partial charge in [-0.15, -0.1) is 0 Å². The summed E-state index contributed by atoms with van der Waals surface area (Å²) in [5.74, 6) is -0.784. The van der Waals surface area contributed by atoms with Crippen LogP contribution in [0.1, 0.15) is 24.7 Å². The first-order valence-electron chi connectivity index (χ1n) is 10.2. The lowest BCUT2D eigenvalue weighted by molar-refractivity contribution is -0.141. The van der Waals surface area contributed by atoms with Crippen LogP contribution >= 0.6 is 0 Å². The second-order valence-corrected chi connectivity index (χ2v) is 9.10. The lowest BCUT2D eigenvalue weighted by atomic mass is 9.98. The maximum Gasteiger partial charge on any atom is 0.433 e. The molecule has 3 heterocycles. The fourth-order valence-corrected chi connectivity index (χ4v) is 4.97. The van der Waals surface area contributed by atoms with E-state index in [1.54, 1.807) is 10.4 Å². The number of carbonyl (C=O) groups excluding carboxylic acids is 1. The summed E-state index contributed by atoms with van der Waals surface area (Å²) in [5, 5.41) is 2.74. The number of carbonyl (C=O) groups is 1. The zero-order valence-electron chi connectivity index (χ0n) is 17.8. The monoisotopic (exact) mass is 493 g/mol. The van der Waals surface area contributed by atoms with Gasteiger partial charge in [-0.2, -0.15) is 13.2 Å². The van der Waals surface area contributed by atoms with Gasteiger partial charge in [0.25, 0.3) is 0 Å². The molecule has 0 aliphatic carbocycles. The van der Waals surface area contributed by atoms with E-state index in [0.717, 1.165) is 12.3 Å². The van der Waals surface area contributed by atoms with Gasteiger partial charge in [0.15, 0.2) is 0 Å². The third kappa shape index (κ3) is 5.12. The molecule has 1 aliphatic heterocycles. The summed E-state index contributed by atoms with van der Waals surface area (Å²) in [6.07, 6.45) is -1.71. The van der Waals surface area contributed by atoms with E-state index < -0.39 is 34.7 Å². The van der Waals surface area contributed by atoms with Gasteiger partial charge in [0, 0.05) is 17.8 Å². The zero-order chi connectivity index (χ0) is 24.5. The molecule has 3 atom stereocenters. The van der Waals surface area contributed by atoms with Crippen molar-refractivity contribution in [1.82, 2.24) is 24.6 Å². The quantitative estimate of drug-likeness (QED) is 0.531. The molecule has 2 aromatic heterocycles. The van der Waals surface area contributed by atoms with Crippen LogP contribution in [-0.4, -0.2) is 41.5 Å². The highest BCUT2D eigenvalue weighted by Crippen LogP contribution is 2.31. The number of nitrogens with zero attached hydrogens (tertiary/aromatic N) is 4. The molecule has 1 unspecified atom stereocenters. The van der Waals surface area contributed by atoms with Crippen LogP contribution < -0.4 is 5.32 Å². The summed E-state index contributed by atoms with van der Waals surface area (Å²) >= 11 is 0. The molecule has 1 fully saturated rings. The number of nitrogens with one attached hydrogen (secondary N) is 1. The molecular weight excluding hydrogens is 474 g/mol. The minimum atomic E-state index is -4.53. The fourth-order valence-electron chi connectivity index (χ4n) is 3.54. The second-order valence-electron chi connectivity index (χ2n) is 7.71. The maximum atomic E-state index is 13.2. The Hall–Kier alpha value is -3.25. The number of pyridine rings is 1. The molecule has 3 aromatic rings. The summed E-state index contributed by atoms with van der Waals surface area (Å²) in [6, 6.07) is 8.22. The second kappa shape index (κ2) is 9.55. The molecule has 0 radical (unpaired) electrons. The van der Waals surface area contributed by atoms with Crippen LogP contribution in [0.5, 0.6) is 0 Å². The summed E-state index contributed by atoms with van der Waals surface area (Å²) in [7, 11) is -1.62. The number of alkyl halides is 3. The largest absolute Gasteiger partial charge is 0.433 e. The third-order valence-corrected chi connectivity index (χ3v) is 7.01. The number of benzene rings is 1. The first-order chi connectivity index (χ1) is 16.1. The number of amides is 1. The Labute approximate surface area is 194 Å². The smallest absolute Gasteiger partial charge is 0.349 e. The molecule has 0 spiro atoms. The molecule has 0 bridgehead atoms. The van der Waals surface area contributed by atoms with Crippen LogP contribution in [0.4, 0.5) is 17.6 Å². The van der Waals surface area contributed by atoms with Crippen molar-refractivity contribution in [2.75, 3.05) is 0 Å². The number of aromatic nitrogens is 3. The average Bonchev–Trinajstić information content (AvgIpc) is 2.81. The highest BCUT2D eigenvalue weighted by molar-refractivity contribution is 7.82. The molecule has 34 heavy (non-hydrogen) atoms. The Balaban J connectivity index is 1.40. The highest BCUT2D eigenvalue weighted by atomic mass is 32.2. The van der Waals surface area contributed by atoms with Gasteiger partial charge < -0.3 is 5.32 Å². The number of rotatable bonds is 6. The molecule has 1 amide bonds. The van der Waals surface area contributed by atoms with Crippen molar-refractivity contribution in [1.29, 1.82) is 0 Å². The van der Waals surface area contributed by atoms with E-state index in [2.05, 4.69) is 20.3 Å². The molecule has 0 saturated carbocycles. The van der Waals surface area contributed by atoms with Gasteiger partial charge in [0.1, 0.15) is 34.9 Å². The summed E-state index contributed by atoms with van der Waals surface area (Å²) in [5.41, 5.74) is 0.167. The van der Waals surface area contributed by atoms with Crippen LogP contribution in [0.15, 0.2) is 59.9 Å². The van der Waals surface area contributed by atoms with E-state index in [0.29, 0.717) is 28.3 Å². The van der Waals surface area contributed by atoms with E-state index in [1.807, 2.05) is 6.92 Å². The van der Waals surface area contributed by atoms with Gasteiger partial charge in [-0.3, -0.25) is 9.78 Å². The number of hydrogen-bond donors (Lipinski definition) is 1. The molecule has 1 aliphatic rings. The van der Waals surface area contributed by atoms with Crippen LogP contribution in [-0.2, 0) is 28.5 Å². The highest BCUT2D eigenvalue weighted by Gasteiger charge is 2.44. The summed E-state index contributed by atoms with van der Waals surface area (Å²) in [6.45, 7) is 1.89. The van der Waals surface area contributed by atoms with Gasteiger partial charge in [-0.05, 0) is 55.8 Å². The van der Waals surface area contributed by atoms with Gasteiger partial charge in [0.2, 0.25) is 5.91 Å². The van der Waals surface area contributed by atoms with Crippen LogP contribution in [0.2, 0.25) is 0 Å².